The van der Waals surface area contributed by atoms with Crippen molar-refractivity contribution in [2.45, 2.75) is 25.8 Å². The Morgan fingerprint density at radius 3 is 2.28 bits per heavy atom. The van der Waals surface area contributed by atoms with Crippen LogP contribution in [-0.4, -0.2) is 61.1 Å². The maximum Gasteiger partial charge on any atom is 0.253 e. The number of halogens is 1. The molecule has 2 aliphatic heterocycles. The standard InChI is InChI=1S/C18H26N4O2.HI/c19-18(22-10-12-24-13-11-22)20-14-15-4-6-16(7-5-15)17(23)21-8-2-1-3-9-21;/h4-7H,1-3,8-14H2,(H2,19,20);1H. The van der Waals surface area contributed by atoms with Gasteiger partial charge in [0.15, 0.2) is 5.96 Å². The number of carbonyl (C=O) groups excluding carboxylic acids is 1. The first-order valence-corrected chi connectivity index (χ1v) is 8.75. The number of piperidine rings is 1. The van der Waals surface area contributed by atoms with E-state index in [4.69, 9.17) is 10.5 Å². The van der Waals surface area contributed by atoms with Crippen LogP contribution in [0.5, 0.6) is 0 Å². The van der Waals surface area contributed by atoms with E-state index in [2.05, 4.69) is 4.99 Å². The molecule has 2 fully saturated rings. The summed E-state index contributed by atoms with van der Waals surface area (Å²) in [4.78, 5) is 20.9. The van der Waals surface area contributed by atoms with Gasteiger partial charge in [-0.3, -0.25) is 4.79 Å². The van der Waals surface area contributed by atoms with E-state index in [1.807, 2.05) is 34.1 Å². The van der Waals surface area contributed by atoms with Crippen LogP contribution in [-0.2, 0) is 11.3 Å². The highest BCUT2D eigenvalue weighted by Gasteiger charge is 2.18. The van der Waals surface area contributed by atoms with Crippen LogP contribution < -0.4 is 5.73 Å². The summed E-state index contributed by atoms with van der Waals surface area (Å²) in [5, 5.41) is 0. The highest BCUT2D eigenvalue weighted by molar-refractivity contribution is 14.0. The van der Waals surface area contributed by atoms with Gasteiger partial charge in [-0.15, -0.1) is 24.0 Å². The van der Waals surface area contributed by atoms with Gasteiger partial charge in [0.05, 0.1) is 19.8 Å². The topological polar surface area (TPSA) is 71.2 Å². The number of nitrogens with zero attached hydrogens (tertiary/aromatic N) is 3. The van der Waals surface area contributed by atoms with Crippen molar-refractivity contribution >= 4 is 35.8 Å². The Bertz CT molecular complexity index is 579. The van der Waals surface area contributed by atoms with Gasteiger partial charge in [0.1, 0.15) is 0 Å². The number of amides is 1. The van der Waals surface area contributed by atoms with E-state index in [1.165, 1.54) is 6.42 Å². The number of nitrogens with two attached hydrogens (primary N) is 1. The summed E-state index contributed by atoms with van der Waals surface area (Å²) in [6, 6.07) is 7.72. The Morgan fingerprint density at radius 2 is 1.64 bits per heavy atom. The minimum absolute atomic E-state index is 0. The number of benzene rings is 1. The second-order valence-corrected chi connectivity index (χ2v) is 6.32. The fraction of sp³-hybridized carbons (Fsp3) is 0.556. The minimum Gasteiger partial charge on any atom is -0.378 e. The number of ether oxygens (including phenoxy) is 1. The van der Waals surface area contributed by atoms with Crippen molar-refractivity contribution in [2.24, 2.45) is 10.7 Å². The first-order chi connectivity index (χ1) is 11.7. The number of carbonyl (C=O) groups is 1. The van der Waals surface area contributed by atoms with Crippen molar-refractivity contribution in [3.8, 4) is 0 Å². The average Bonchev–Trinajstić information content (AvgIpc) is 2.67. The van der Waals surface area contributed by atoms with Crippen LogP contribution in [0.15, 0.2) is 29.3 Å². The van der Waals surface area contributed by atoms with E-state index in [0.29, 0.717) is 25.7 Å². The summed E-state index contributed by atoms with van der Waals surface area (Å²) in [5.74, 6) is 0.698. The molecule has 0 aliphatic carbocycles. The minimum atomic E-state index is 0. The van der Waals surface area contributed by atoms with Crippen molar-refractivity contribution in [3.63, 3.8) is 0 Å². The first-order valence-electron chi connectivity index (χ1n) is 8.75. The van der Waals surface area contributed by atoms with E-state index < -0.39 is 0 Å². The lowest BCUT2D eigenvalue weighted by Crippen LogP contribution is -2.44. The molecule has 1 aromatic carbocycles. The van der Waals surface area contributed by atoms with Gasteiger partial charge in [0.25, 0.3) is 5.91 Å². The van der Waals surface area contributed by atoms with E-state index in [1.54, 1.807) is 0 Å². The second kappa shape index (κ2) is 9.96. The van der Waals surface area contributed by atoms with Crippen molar-refractivity contribution in [1.82, 2.24) is 9.80 Å². The largest absolute Gasteiger partial charge is 0.378 e. The number of guanidine groups is 1. The van der Waals surface area contributed by atoms with Crippen molar-refractivity contribution < 1.29 is 9.53 Å². The molecule has 7 heteroatoms. The monoisotopic (exact) mass is 458 g/mol. The molecule has 0 spiro atoms. The number of morpholine rings is 1. The van der Waals surface area contributed by atoms with Crippen molar-refractivity contribution in [1.29, 1.82) is 0 Å². The van der Waals surface area contributed by atoms with Gasteiger partial charge < -0.3 is 20.3 Å². The number of hydrogen-bond acceptors (Lipinski definition) is 3. The van der Waals surface area contributed by atoms with Gasteiger partial charge in [-0.25, -0.2) is 4.99 Å². The molecule has 0 aromatic heterocycles. The number of rotatable bonds is 3. The van der Waals surface area contributed by atoms with Crippen LogP contribution in [0, 0.1) is 0 Å². The highest BCUT2D eigenvalue weighted by atomic mass is 127. The maximum atomic E-state index is 12.4. The molecule has 2 N–H and O–H groups in total. The molecule has 0 atom stereocenters. The van der Waals surface area contributed by atoms with Gasteiger partial charge >= 0.3 is 0 Å². The molecule has 25 heavy (non-hydrogen) atoms. The van der Waals surface area contributed by atoms with Gasteiger partial charge in [0.2, 0.25) is 0 Å². The number of hydrogen-bond donors (Lipinski definition) is 1. The van der Waals surface area contributed by atoms with Crippen LogP contribution in [0.2, 0.25) is 0 Å². The molecule has 0 unspecified atom stereocenters. The Kier molecular flexibility index (Phi) is 7.95. The lowest BCUT2D eigenvalue weighted by atomic mass is 10.1. The highest BCUT2D eigenvalue weighted by Crippen LogP contribution is 2.14. The van der Waals surface area contributed by atoms with Gasteiger partial charge in [0, 0.05) is 31.7 Å². The molecule has 0 saturated carbocycles. The Hall–Kier alpha value is -1.35. The summed E-state index contributed by atoms with van der Waals surface area (Å²) in [7, 11) is 0. The molecule has 0 radical (unpaired) electrons. The lowest BCUT2D eigenvalue weighted by Gasteiger charge is -2.27. The summed E-state index contributed by atoms with van der Waals surface area (Å²) >= 11 is 0. The molecule has 2 aliphatic rings. The average molecular weight is 458 g/mol. The van der Waals surface area contributed by atoms with Gasteiger partial charge in [-0.05, 0) is 37.0 Å². The molecule has 2 saturated heterocycles. The Morgan fingerprint density at radius 1 is 1.00 bits per heavy atom. The van der Waals surface area contributed by atoms with Gasteiger partial charge in [-0.1, -0.05) is 12.1 Å². The molecule has 0 bridgehead atoms. The summed E-state index contributed by atoms with van der Waals surface area (Å²) in [6.45, 7) is 5.26. The summed E-state index contributed by atoms with van der Waals surface area (Å²) in [6.07, 6.45) is 3.45. The van der Waals surface area contributed by atoms with E-state index in [-0.39, 0.29) is 29.9 Å². The number of likely N-dealkylation sites (tertiary alicyclic amines) is 1. The van der Waals surface area contributed by atoms with Crippen LogP contribution >= 0.6 is 24.0 Å². The van der Waals surface area contributed by atoms with Crippen LogP contribution in [0.3, 0.4) is 0 Å². The third-order valence-corrected chi connectivity index (χ3v) is 4.60. The summed E-state index contributed by atoms with van der Waals surface area (Å²) < 4.78 is 5.31. The van der Waals surface area contributed by atoms with Crippen molar-refractivity contribution in [3.05, 3.63) is 35.4 Å². The van der Waals surface area contributed by atoms with Gasteiger partial charge in [-0.2, -0.15) is 0 Å². The summed E-state index contributed by atoms with van der Waals surface area (Å²) in [5.41, 5.74) is 7.84. The smallest absolute Gasteiger partial charge is 0.253 e. The zero-order valence-electron chi connectivity index (χ0n) is 14.5. The number of aliphatic imine (C=N–C) groups is 1. The third-order valence-electron chi connectivity index (χ3n) is 4.60. The molecule has 2 heterocycles. The molecule has 6 nitrogen and oxygen atoms in total. The predicted octanol–water partition coefficient (Wildman–Crippen LogP) is 2.08. The quantitative estimate of drug-likeness (QED) is 0.428. The lowest BCUT2D eigenvalue weighted by molar-refractivity contribution is 0.0674. The third kappa shape index (κ3) is 5.57. The SMILES string of the molecule is I.NC(=NCc1ccc(C(=O)N2CCCCC2)cc1)N1CCOCC1. The molecule has 1 amide bonds. The normalized spacial score (nSPS) is 18.6. The second-order valence-electron chi connectivity index (χ2n) is 6.32. The van der Waals surface area contributed by atoms with Crippen LogP contribution in [0.4, 0.5) is 0 Å². The van der Waals surface area contributed by atoms with E-state index in [0.717, 1.165) is 50.1 Å². The molecule has 1 aromatic rings. The predicted molar refractivity (Wildman–Crippen MR) is 109 cm³/mol. The maximum absolute atomic E-state index is 12.4. The van der Waals surface area contributed by atoms with Crippen LogP contribution in [0.1, 0.15) is 35.2 Å². The molecule has 138 valence electrons. The fourth-order valence-electron chi connectivity index (χ4n) is 3.10. The molecular formula is C18H27IN4O2. The first kappa shape index (κ1) is 20.0. The van der Waals surface area contributed by atoms with E-state index >= 15 is 0 Å². The van der Waals surface area contributed by atoms with Crippen molar-refractivity contribution in [2.75, 3.05) is 39.4 Å². The van der Waals surface area contributed by atoms with Crippen LogP contribution in [0.25, 0.3) is 0 Å². The molecule has 3 rings (SSSR count). The zero-order chi connectivity index (χ0) is 16.8. The Labute approximate surface area is 166 Å². The van der Waals surface area contributed by atoms with E-state index in [9.17, 15) is 4.79 Å². The fourth-order valence-corrected chi connectivity index (χ4v) is 3.10. The molecular weight excluding hydrogens is 431 g/mol. The Balaban J connectivity index is 0.00000225. The zero-order valence-corrected chi connectivity index (χ0v) is 16.9.